The van der Waals surface area contributed by atoms with E-state index >= 15 is 0 Å². The summed E-state index contributed by atoms with van der Waals surface area (Å²) in [5, 5.41) is 20.8. The summed E-state index contributed by atoms with van der Waals surface area (Å²) in [4.78, 5) is 25.1. The molecule has 7 heteroatoms. The molecule has 2 amide bonds. The molecule has 2 aromatic rings. The van der Waals surface area contributed by atoms with E-state index in [4.69, 9.17) is 15.1 Å². The Labute approximate surface area is 163 Å². The largest absolute Gasteiger partial charge is 0.481 e. The predicted molar refractivity (Wildman–Crippen MR) is 103 cm³/mol. The number of carboxylic acids is 1. The first-order valence-electron chi connectivity index (χ1n) is 9.03. The summed E-state index contributed by atoms with van der Waals surface area (Å²) in [6.07, 6.45) is 0.943. The highest BCUT2D eigenvalue weighted by molar-refractivity contribution is 5.90. The van der Waals surface area contributed by atoms with Crippen molar-refractivity contribution in [1.82, 2.24) is 4.90 Å². The second kappa shape index (κ2) is 8.44. The lowest BCUT2D eigenvalue weighted by molar-refractivity contribution is -0.143. The van der Waals surface area contributed by atoms with Gasteiger partial charge in [-0.1, -0.05) is 0 Å². The second-order valence-corrected chi connectivity index (χ2v) is 6.74. The number of nitrogens with one attached hydrogen (secondary N) is 1. The van der Waals surface area contributed by atoms with Gasteiger partial charge < -0.3 is 20.1 Å². The Kier molecular flexibility index (Phi) is 5.80. The molecular weight excluding hydrogens is 358 g/mol. The number of carbonyl (C=O) groups excluding carboxylic acids is 1. The summed E-state index contributed by atoms with van der Waals surface area (Å²) in [7, 11) is 0. The highest BCUT2D eigenvalue weighted by Gasteiger charge is 2.27. The van der Waals surface area contributed by atoms with E-state index in [1.165, 1.54) is 0 Å². The van der Waals surface area contributed by atoms with Crippen LogP contribution < -0.4 is 10.1 Å². The Morgan fingerprint density at radius 3 is 2.36 bits per heavy atom. The lowest BCUT2D eigenvalue weighted by Gasteiger charge is -2.30. The molecule has 0 aromatic heterocycles. The Morgan fingerprint density at radius 2 is 1.79 bits per heavy atom. The molecule has 1 aliphatic heterocycles. The van der Waals surface area contributed by atoms with Crippen molar-refractivity contribution in [3.05, 3.63) is 53.6 Å². The number of piperidine rings is 1. The van der Waals surface area contributed by atoms with Crippen LogP contribution in [0.2, 0.25) is 0 Å². The van der Waals surface area contributed by atoms with Gasteiger partial charge in [0.15, 0.2) is 0 Å². The minimum absolute atomic E-state index is 0.229. The first kappa shape index (κ1) is 19.2. The van der Waals surface area contributed by atoms with Crippen molar-refractivity contribution in [3.8, 4) is 17.6 Å². The van der Waals surface area contributed by atoms with Gasteiger partial charge in [0.2, 0.25) is 0 Å². The highest BCUT2D eigenvalue weighted by atomic mass is 16.5. The minimum atomic E-state index is -0.797. The van der Waals surface area contributed by atoms with Crippen LogP contribution in [-0.2, 0) is 4.79 Å². The molecule has 0 atom stereocenters. The summed E-state index contributed by atoms with van der Waals surface area (Å²) in [5.41, 5.74) is 2.09. The lowest BCUT2D eigenvalue weighted by Crippen LogP contribution is -2.42. The molecule has 1 heterocycles. The molecule has 0 radical (unpaired) electrons. The Hall–Kier alpha value is -3.53. The number of hydrogen-bond acceptors (Lipinski definition) is 4. The van der Waals surface area contributed by atoms with Gasteiger partial charge in [-0.2, -0.15) is 5.26 Å². The maximum Gasteiger partial charge on any atom is 0.321 e. The summed E-state index contributed by atoms with van der Waals surface area (Å²) in [5.74, 6) is 0.0807. The molecule has 0 bridgehead atoms. The van der Waals surface area contributed by atoms with Gasteiger partial charge in [-0.15, -0.1) is 0 Å². The van der Waals surface area contributed by atoms with Gasteiger partial charge in [0.1, 0.15) is 11.5 Å². The van der Waals surface area contributed by atoms with Crippen LogP contribution >= 0.6 is 0 Å². The fourth-order valence-corrected chi connectivity index (χ4v) is 3.10. The van der Waals surface area contributed by atoms with Crippen molar-refractivity contribution in [2.24, 2.45) is 5.92 Å². The van der Waals surface area contributed by atoms with Gasteiger partial charge in [0.25, 0.3) is 0 Å². The molecule has 0 spiro atoms. The van der Waals surface area contributed by atoms with Crippen LogP contribution in [0.25, 0.3) is 0 Å². The van der Waals surface area contributed by atoms with Crippen LogP contribution in [0.4, 0.5) is 10.5 Å². The zero-order valence-electron chi connectivity index (χ0n) is 15.5. The normalized spacial score (nSPS) is 14.2. The number of rotatable bonds is 4. The van der Waals surface area contributed by atoms with E-state index in [9.17, 15) is 9.59 Å². The molecule has 0 aliphatic carbocycles. The highest BCUT2D eigenvalue weighted by Crippen LogP contribution is 2.27. The molecule has 7 nitrogen and oxygen atoms in total. The molecule has 2 N–H and O–H groups in total. The van der Waals surface area contributed by atoms with Crippen molar-refractivity contribution >= 4 is 17.7 Å². The first-order chi connectivity index (χ1) is 13.5. The molecule has 1 saturated heterocycles. The van der Waals surface area contributed by atoms with E-state index in [0.717, 1.165) is 5.56 Å². The number of anilines is 1. The van der Waals surface area contributed by atoms with Gasteiger partial charge in [0.05, 0.1) is 17.6 Å². The van der Waals surface area contributed by atoms with E-state index in [0.29, 0.717) is 48.7 Å². The monoisotopic (exact) mass is 379 g/mol. The fourth-order valence-electron chi connectivity index (χ4n) is 3.10. The Morgan fingerprint density at radius 1 is 1.14 bits per heavy atom. The average Bonchev–Trinajstić information content (AvgIpc) is 2.70. The van der Waals surface area contributed by atoms with Crippen LogP contribution in [0.1, 0.15) is 24.0 Å². The van der Waals surface area contributed by atoms with Gasteiger partial charge in [0, 0.05) is 18.8 Å². The van der Waals surface area contributed by atoms with Crippen LogP contribution in [0.15, 0.2) is 42.5 Å². The fraction of sp³-hybridized carbons (Fsp3) is 0.286. The summed E-state index contributed by atoms with van der Waals surface area (Å²) in [6, 6.07) is 14.0. The smallest absolute Gasteiger partial charge is 0.321 e. The van der Waals surface area contributed by atoms with Crippen molar-refractivity contribution in [2.75, 3.05) is 18.4 Å². The topological polar surface area (TPSA) is 103 Å². The van der Waals surface area contributed by atoms with E-state index in [1.807, 2.05) is 13.0 Å². The number of aryl methyl sites for hydroxylation is 1. The predicted octanol–water partition coefficient (Wildman–Crippen LogP) is 3.99. The number of ether oxygens (including phenoxy) is 1. The SMILES string of the molecule is Cc1cc(Oc2ccc(C#N)cc2)ccc1NC(=O)N1CCC(C(=O)O)CC1. The van der Waals surface area contributed by atoms with Crippen molar-refractivity contribution in [2.45, 2.75) is 19.8 Å². The second-order valence-electron chi connectivity index (χ2n) is 6.74. The summed E-state index contributed by atoms with van der Waals surface area (Å²) >= 11 is 0. The third-order valence-electron chi connectivity index (χ3n) is 4.79. The standard InChI is InChI=1S/C21H21N3O4/c1-14-12-18(28-17-4-2-15(13-22)3-5-17)6-7-19(14)23-21(27)24-10-8-16(9-11-24)20(25)26/h2-7,12,16H,8-11H2,1H3,(H,23,27)(H,25,26). The van der Waals surface area contributed by atoms with E-state index in [2.05, 4.69) is 11.4 Å². The van der Waals surface area contributed by atoms with Crippen molar-refractivity contribution in [3.63, 3.8) is 0 Å². The van der Waals surface area contributed by atoms with E-state index in [1.54, 1.807) is 41.3 Å². The first-order valence-corrected chi connectivity index (χ1v) is 9.03. The van der Waals surface area contributed by atoms with Crippen LogP contribution in [0.5, 0.6) is 11.5 Å². The zero-order chi connectivity index (χ0) is 20.1. The molecule has 0 saturated carbocycles. The molecule has 28 heavy (non-hydrogen) atoms. The number of carbonyl (C=O) groups is 2. The zero-order valence-corrected chi connectivity index (χ0v) is 15.5. The molecule has 144 valence electrons. The Bertz CT molecular complexity index is 910. The number of hydrogen-bond donors (Lipinski definition) is 2. The van der Waals surface area contributed by atoms with Crippen LogP contribution in [-0.4, -0.2) is 35.1 Å². The number of nitrogens with zero attached hydrogens (tertiary/aromatic N) is 2. The molecule has 1 aliphatic rings. The maximum atomic E-state index is 12.4. The van der Waals surface area contributed by atoms with Gasteiger partial charge >= 0.3 is 12.0 Å². The van der Waals surface area contributed by atoms with Gasteiger partial charge in [-0.05, 0) is 67.8 Å². The van der Waals surface area contributed by atoms with Crippen molar-refractivity contribution in [1.29, 1.82) is 5.26 Å². The van der Waals surface area contributed by atoms with E-state index < -0.39 is 5.97 Å². The Balaban J connectivity index is 1.60. The minimum Gasteiger partial charge on any atom is -0.481 e. The third kappa shape index (κ3) is 4.60. The molecule has 2 aromatic carbocycles. The third-order valence-corrected chi connectivity index (χ3v) is 4.79. The van der Waals surface area contributed by atoms with Crippen LogP contribution in [0, 0.1) is 24.2 Å². The van der Waals surface area contributed by atoms with E-state index in [-0.39, 0.29) is 11.9 Å². The quantitative estimate of drug-likeness (QED) is 0.836. The average molecular weight is 379 g/mol. The molecular formula is C21H21N3O4. The lowest BCUT2D eigenvalue weighted by atomic mass is 9.97. The molecule has 1 fully saturated rings. The number of amides is 2. The number of aliphatic carboxylic acids is 1. The number of carboxylic acid groups (broad SMARTS) is 1. The number of urea groups is 1. The van der Waals surface area contributed by atoms with Crippen LogP contribution in [0.3, 0.4) is 0 Å². The van der Waals surface area contributed by atoms with Gasteiger partial charge in [-0.3, -0.25) is 4.79 Å². The molecule has 0 unspecified atom stereocenters. The van der Waals surface area contributed by atoms with Crippen molar-refractivity contribution < 1.29 is 19.4 Å². The molecule has 3 rings (SSSR count). The number of benzene rings is 2. The summed E-state index contributed by atoms with van der Waals surface area (Å²) < 4.78 is 5.78. The maximum absolute atomic E-state index is 12.4. The van der Waals surface area contributed by atoms with Gasteiger partial charge in [-0.25, -0.2) is 4.79 Å². The number of nitriles is 1. The number of likely N-dealkylation sites (tertiary alicyclic amines) is 1. The summed E-state index contributed by atoms with van der Waals surface area (Å²) in [6.45, 7) is 2.74.